The molecule has 1 amide bonds. The van der Waals surface area contributed by atoms with Crippen molar-refractivity contribution in [2.45, 2.75) is 25.4 Å². The van der Waals surface area contributed by atoms with Gasteiger partial charge in [-0.15, -0.1) is 12.4 Å². The summed E-state index contributed by atoms with van der Waals surface area (Å²) in [5.41, 5.74) is 0.876. The zero-order valence-electron chi connectivity index (χ0n) is 12.7. The van der Waals surface area contributed by atoms with Crippen molar-refractivity contribution in [3.05, 3.63) is 33.8 Å². The van der Waals surface area contributed by atoms with Crippen molar-refractivity contribution < 1.29 is 14.7 Å². The molecule has 0 radical (unpaired) electrons. The molecule has 1 aromatic rings. The highest BCUT2D eigenvalue weighted by molar-refractivity contribution is 6.42. The summed E-state index contributed by atoms with van der Waals surface area (Å²) in [6.45, 7) is 1.17. The summed E-state index contributed by atoms with van der Waals surface area (Å²) in [5.74, 6) is -0.975. The molecule has 8 heteroatoms. The quantitative estimate of drug-likeness (QED) is 0.852. The molecule has 5 nitrogen and oxygen atoms in total. The van der Waals surface area contributed by atoms with Gasteiger partial charge in [-0.1, -0.05) is 29.3 Å². The summed E-state index contributed by atoms with van der Waals surface area (Å²) in [5, 5.41) is 10.1. The lowest BCUT2D eigenvalue weighted by atomic mass is 10.2. The monoisotopic (exact) mass is 380 g/mol. The predicted molar refractivity (Wildman–Crippen MR) is 92.4 cm³/mol. The van der Waals surface area contributed by atoms with Crippen LogP contribution in [0.4, 0.5) is 0 Å². The Morgan fingerprint density at radius 1 is 1.35 bits per heavy atom. The van der Waals surface area contributed by atoms with E-state index in [9.17, 15) is 9.59 Å². The Bertz CT molecular complexity index is 583. The number of likely N-dealkylation sites (tertiary alicyclic amines) is 1. The van der Waals surface area contributed by atoms with E-state index >= 15 is 0 Å². The molecule has 1 aromatic carbocycles. The zero-order valence-corrected chi connectivity index (χ0v) is 15.0. The number of hydrogen-bond acceptors (Lipinski definition) is 3. The lowest BCUT2D eigenvalue weighted by Crippen LogP contribution is -2.43. The molecule has 23 heavy (non-hydrogen) atoms. The first kappa shape index (κ1) is 20.0. The maximum absolute atomic E-state index is 12.3. The van der Waals surface area contributed by atoms with Gasteiger partial charge in [-0.25, -0.2) is 0 Å². The topological polar surface area (TPSA) is 60.9 Å². The van der Waals surface area contributed by atoms with Crippen LogP contribution in [0.5, 0.6) is 0 Å². The van der Waals surface area contributed by atoms with Gasteiger partial charge in [-0.05, 0) is 37.1 Å². The van der Waals surface area contributed by atoms with Crippen LogP contribution in [0.15, 0.2) is 18.2 Å². The lowest BCUT2D eigenvalue weighted by Gasteiger charge is -2.24. The van der Waals surface area contributed by atoms with Gasteiger partial charge in [0.1, 0.15) is 6.04 Å². The van der Waals surface area contributed by atoms with Gasteiger partial charge < -0.3 is 10.0 Å². The molecule has 0 saturated carbocycles. The normalized spacial score (nSPS) is 17.6. The molecule has 2 rings (SSSR count). The number of aliphatic carboxylic acids is 1. The molecule has 1 heterocycles. The molecule has 0 spiro atoms. The highest BCUT2D eigenvalue weighted by atomic mass is 35.5. The minimum atomic E-state index is -0.863. The van der Waals surface area contributed by atoms with Crippen molar-refractivity contribution in [1.82, 2.24) is 9.80 Å². The van der Waals surface area contributed by atoms with Crippen LogP contribution in [0.3, 0.4) is 0 Å². The van der Waals surface area contributed by atoms with Gasteiger partial charge in [0.15, 0.2) is 0 Å². The fraction of sp³-hybridized carbons (Fsp3) is 0.467. The average molecular weight is 382 g/mol. The summed E-state index contributed by atoms with van der Waals surface area (Å²) >= 11 is 11.8. The van der Waals surface area contributed by atoms with E-state index in [2.05, 4.69) is 0 Å². The molecule has 128 valence electrons. The van der Waals surface area contributed by atoms with Crippen LogP contribution < -0.4 is 0 Å². The van der Waals surface area contributed by atoms with Crippen LogP contribution >= 0.6 is 35.6 Å². The smallest absolute Gasteiger partial charge is 0.320 e. The Labute approximate surface area is 151 Å². The standard InChI is InChI=1S/C15H18Cl2N2O3.ClH/c1-18(8-10-4-5-11(16)12(17)7-10)14(20)9-19-6-2-3-13(19)15(21)22;/h4-5,7,13H,2-3,6,8-9H2,1H3,(H,21,22);1H. The highest BCUT2D eigenvalue weighted by Crippen LogP contribution is 2.23. The number of carbonyl (C=O) groups is 2. The molecule has 1 unspecified atom stereocenters. The van der Waals surface area contributed by atoms with E-state index in [4.69, 9.17) is 28.3 Å². The fourth-order valence-electron chi connectivity index (χ4n) is 2.59. The molecule has 1 fully saturated rings. The van der Waals surface area contributed by atoms with Gasteiger partial charge in [0.05, 0.1) is 16.6 Å². The van der Waals surface area contributed by atoms with Crippen LogP contribution in [0.2, 0.25) is 10.0 Å². The third kappa shape index (κ3) is 5.24. The third-order valence-corrected chi connectivity index (χ3v) is 4.56. The number of carbonyl (C=O) groups excluding carboxylic acids is 1. The van der Waals surface area contributed by atoms with E-state index in [0.29, 0.717) is 29.6 Å². The van der Waals surface area contributed by atoms with E-state index < -0.39 is 12.0 Å². The number of nitrogens with zero attached hydrogens (tertiary/aromatic N) is 2. The van der Waals surface area contributed by atoms with Crippen molar-refractivity contribution in [2.24, 2.45) is 0 Å². The van der Waals surface area contributed by atoms with Crippen molar-refractivity contribution in [2.75, 3.05) is 20.1 Å². The second-order valence-corrected chi connectivity index (χ2v) is 6.28. The molecule has 1 aliphatic heterocycles. The summed E-state index contributed by atoms with van der Waals surface area (Å²) in [6, 6.07) is 4.68. The van der Waals surface area contributed by atoms with Gasteiger partial charge in [0, 0.05) is 13.6 Å². The van der Waals surface area contributed by atoms with Crippen molar-refractivity contribution in [3.8, 4) is 0 Å². The number of rotatable bonds is 5. The first-order chi connectivity index (χ1) is 10.4. The molecular weight excluding hydrogens is 363 g/mol. The Morgan fingerprint density at radius 3 is 2.65 bits per heavy atom. The fourth-order valence-corrected chi connectivity index (χ4v) is 2.91. The third-order valence-electron chi connectivity index (χ3n) is 3.82. The zero-order chi connectivity index (χ0) is 16.3. The molecule has 0 bridgehead atoms. The van der Waals surface area contributed by atoms with Crippen molar-refractivity contribution in [3.63, 3.8) is 0 Å². The van der Waals surface area contributed by atoms with Crippen LogP contribution in [-0.4, -0.2) is 53.0 Å². The van der Waals surface area contributed by atoms with Crippen molar-refractivity contribution in [1.29, 1.82) is 0 Å². The number of likely N-dealkylation sites (N-methyl/N-ethyl adjacent to an activating group) is 1. The summed E-state index contributed by atoms with van der Waals surface area (Å²) in [4.78, 5) is 26.7. The maximum Gasteiger partial charge on any atom is 0.320 e. The number of carboxylic acid groups (broad SMARTS) is 1. The van der Waals surface area contributed by atoms with Crippen LogP contribution in [0.25, 0.3) is 0 Å². The minimum Gasteiger partial charge on any atom is -0.480 e. The first-order valence-electron chi connectivity index (χ1n) is 7.03. The van der Waals surface area contributed by atoms with Crippen LogP contribution in [-0.2, 0) is 16.1 Å². The average Bonchev–Trinajstić information content (AvgIpc) is 2.91. The molecule has 1 N–H and O–H groups in total. The number of carboxylic acids is 1. The second-order valence-electron chi connectivity index (χ2n) is 5.47. The minimum absolute atomic E-state index is 0. The lowest BCUT2D eigenvalue weighted by molar-refractivity contribution is -0.143. The number of benzene rings is 1. The molecule has 0 aliphatic carbocycles. The van der Waals surface area contributed by atoms with Crippen molar-refractivity contribution >= 4 is 47.5 Å². The van der Waals surface area contributed by atoms with E-state index in [1.54, 1.807) is 29.0 Å². The summed E-state index contributed by atoms with van der Waals surface area (Å²) in [6.07, 6.45) is 1.40. The van der Waals surface area contributed by atoms with Gasteiger partial charge in [0.2, 0.25) is 5.91 Å². The summed E-state index contributed by atoms with van der Waals surface area (Å²) in [7, 11) is 1.69. The van der Waals surface area contributed by atoms with E-state index in [1.165, 1.54) is 0 Å². The summed E-state index contributed by atoms with van der Waals surface area (Å²) < 4.78 is 0. The number of amides is 1. The highest BCUT2D eigenvalue weighted by Gasteiger charge is 2.32. The second kappa shape index (κ2) is 8.73. The van der Waals surface area contributed by atoms with Gasteiger partial charge in [-0.3, -0.25) is 14.5 Å². The molecular formula is C15H19Cl3N2O3. The molecule has 1 saturated heterocycles. The van der Waals surface area contributed by atoms with E-state index in [-0.39, 0.29) is 24.9 Å². The number of hydrogen-bond donors (Lipinski definition) is 1. The first-order valence-corrected chi connectivity index (χ1v) is 7.79. The Hall–Kier alpha value is -1.01. The molecule has 1 aliphatic rings. The Balaban J connectivity index is 0.00000264. The number of halogens is 3. The SMILES string of the molecule is CN(Cc1ccc(Cl)c(Cl)c1)C(=O)CN1CCCC1C(=O)O.Cl. The Kier molecular flexibility index (Phi) is 7.61. The van der Waals surface area contributed by atoms with E-state index in [0.717, 1.165) is 12.0 Å². The predicted octanol–water partition coefficient (Wildman–Crippen LogP) is 2.92. The van der Waals surface area contributed by atoms with Gasteiger partial charge >= 0.3 is 5.97 Å². The van der Waals surface area contributed by atoms with E-state index in [1.807, 2.05) is 6.07 Å². The van der Waals surface area contributed by atoms with Crippen LogP contribution in [0.1, 0.15) is 18.4 Å². The maximum atomic E-state index is 12.3. The molecule has 1 atom stereocenters. The van der Waals surface area contributed by atoms with Crippen LogP contribution in [0, 0.1) is 0 Å². The Morgan fingerprint density at radius 2 is 2.04 bits per heavy atom. The molecule has 0 aromatic heterocycles. The largest absolute Gasteiger partial charge is 0.480 e. The van der Waals surface area contributed by atoms with Gasteiger partial charge in [-0.2, -0.15) is 0 Å². The van der Waals surface area contributed by atoms with Gasteiger partial charge in [0.25, 0.3) is 0 Å².